The van der Waals surface area contributed by atoms with Gasteiger partial charge < -0.3 is 24.4 Å². The van der Waals surface area contributed by atoms with Crippen molar-refractivity contribution in [2.75, 3.05) is 52.6 Å². The van der Waals surface area contributed by atoms with Gasteiger partial charge in [-0.3, -0.25) is 9.59 Å². The Morgan fingerprint density at radius 3 is 2.58 bits per heavy atom. The Kier molecular flexibility index (Phi) is 9.25. The normalized spacial score (nSPS) is 28.1. The average molecular weight is 530 g/mol. The van der Waals surface area contributed by atoms with Crippen molar-refractivity contribution in [1.82, 2.24) is 10.2 Å². The molecule has 3 aliphatic rings. The number of benzene rings is 1. The summed E-state index contributed by atoms with van der Waals surface area (Å²) in [7, 11) is 4.78. The molecule has 1 amide bonds. The van der Waals surface area contributed by atoms with Crippen LogP contribution in [0.15, 0.2) is 34.6 Å². The first-order valence-corrected chi connectivity index (χ1v) is 13.8. The number of carbonyl (C=O) groups is 2. The van der Waals surface area contributed by atoms with Gasteiger partial charge in [-0.05, 0) is 62.3 Å². The number of unbranched alkanes of at least 4 members (excludes halogenated alkanes) is 1. The van der Waals surface area contributed by atoms with E-state index in [9.17, 15) is 9.59 Å². The Bertz CT molecular complexity index is 986. The van der Waals surface area contributed by atoms with Crippen molar-refractivity contribution >= 4 is 17.6 Å². The third-order valence-electron chi connectivity index (χ3n) is 8.06. The molecule has 0 radical (unpaired) electrons. The van der Waals surface area contributed by atoms with Gasteiger partial charge in [0, 0.05) is 44.8 Å². The minimum absolute atomic E-state index is 0.0252. The monoisotopic (exact) mass is 529 g/mol. The van der Waals surface area contributed by atoms with Crippen LogP contribution in [0, 0.1) is 17.3 Å². The highest BCUT2D eigenvalue weighted by Gasteiger charge is 2.61. The number of carbonyl (C=O) groups excluding carboxylic acids is 2. The van der Waals surface area contributed by atoms with Gasteiger partial charge in [0.25, 0.3) is 5.91 Å². The number of ether oxygens (including phenoxy) is 3. The fourth-order valence-corrected chi connectivity index (χ4v) is 6.03. The van der Waals surface area contributed by atoms with Crippen molar-refractivity contribution in [1.29, 1.82) is 0 Å². The third-order valence-corrected chi connectivity index (χ3v) is 8.06. The molecule has 38 heavy (non-hydrogen) atoms. The SMILES string of the molecule is COCCCCC1C(C(=O)N(CC(C)C)C2CC23CNC[C@H](C(=O)OC)C3)N=NN1c1ccc(OC)cc1. The number of esters is 1. The zero-order chi connectivity index (χ0) is 27.3. The summed E-state index contributed by atoms with van der Waals surface area (Å²) >= 11 is 0. The second-order valence-corrected chi connectivity index (χ2v) is 11.3. The van der Waals surface area contributed by atoms with Crippen LogP contribution in [0.2, 0.25) is 0 Å². The number of hydrogen-bond acceptors (Lipinski definition) is 9. The molecular formula is C28H43N5O5. The molecule has 5 atom stereocenters. The molecule has 1 aliphatic carbocycles. The van der Waals surface area contributed by atoms with Crippen molar-refractivity contribution in [2.24, 2.45) is 27.6 Å². The molecule has 4 unspecified atom stereocenters. The second kappa shape index (κ2) is 12.4. The van der Waals surface area contributed by atoms with Gasteiger partial charge in [0.1, 0.15) is 5.75 Å². The first-order chi connectivity index (χ1) is 18.3. The maximum absolute atomic E-state index is 14.2. The van der Waals surface area contributed by atoms with Gasteiger partial charge >= 0.3 is 5.97 Å². The smallest absolute Gasteiger partial charge is 0.309 e. The van der Waals surface area contributed by atoms with E-state index in [0.29, 0.717) is 25.6 Å². The summed E-state index contributed by atoms with van der Waals surface area (Å²) < 4.78 is 15.6. The summed E-state index contributed by atoms with van der Waals surface area (Å²) in [6.45, 7) is 7.02. The van der Waals surface area contributed by atoms with E-state index in [-0.39, 0.29) is 35.3 Å². The number of hydrogen-bond donors (Lipinski definition) is 1. The largest absolute Gasteiger partial charge is 0.497 e. The van der Waals surface area contributed by atoms with E-state index in [1.54, 1.807) is 14.2 Å². The van der Waals surface area contributed by atoms with Crippen LogP contribution >= 0.6 is 0 Å². The number of anilines is 1. The van der Waals surface area contributed by atoms with Crippen molar-refractivity contribution in [2.45, 2.75) is 64.1 Å². The van der Waals surface area contributed by atoms with Crippen LogP contribution < -0.4 is 15.1 Å². The molecule has 2 heterocycles. The van der Waals surface area contributed by atoms with Gasteiger partial charge in [0.05, 0.1) is 31.9 Å². The predicted molar refractivity (Wildman–Crippen MR) is 144 cm³/mol. The van der Waals surface area contributed by atoms with E-state index in [4.69, 9.17) is 14.2 Å². The van der Waals surface area contributed by atoms with E-state index in [1.165, 1.54) is 7.11 Å². The molecule has 0 aromatic heterocycles. The molecule has 10 heteroatoms. The molecule has 1 spiro atoms. The number of methoxy groups -OCH3 is 3. The Hall–Kier alpha value is -2.72. The standard InChI is InChI=1S/C28H43N5O5/c1-19(2)17-32(24-15-28(24)14-20(16-29-18-28)27(35)38-5)26(34)25-23(8-6-7-13-36-3)33(31-30-25)21-9-11-22(37-4)12-10-21/h9-12,19-20,23-25,29H,6-8,13-18H2,1-5H3/t20-,23?,24?,25?,28?/m1/s1. The van der Waals surface area contributed by atoms with Crippen LogP contribution in [-0.2, 0) is 19.1 Å². The first kappa shape index (κ1) is 28.3. The Morgan fingerprint density at radius 1 is 1.16 bits per heavy atom. The predicted octanol–water partition coefficient (Wildman–Crippen LogP) is 3.46. The van der Waals surface area contributed by atoms with Crippen molar-refractivity contribution in [3.63, 3.8) is 0 Å². The van der Waals surface area contributed by atoms with Crippen molar-refractivity contribution in [3.05, 3.63) is 24.3 Å². The Balaban J connectivity index is 1.54. The van der Waals surface area contributed by atoms with Crippen LogP contribution in [0.3, 0.4) is 0 Å². The zero-order valence-electron chi connectivity index (χ0n) is 23.4. The molecule has 1 aromatic rings. The number of nitrogens with one attached hydrogen (secondary N) is 1. The highest BCUT2D eigenvalue weighted by atomic mass is 16.5. The lowest BCUT2D eigenvalue weighted by molar-refractivity contribution is -0.146. The quantitative estimate of drug-likeness (QED) is 0.327. The molecule has 2 fully saturated rings. The second-order valence-electron chi connectivity index (χ2n) is 11.3. The summed E-state index contributed by atoms with van der Waals surface area (Å²) in [6.07, 6.45) is 4.21. The van der Waals surface area contributed by atoms with Crippen molar-refractivity contribution in [3.8, 4) is 5.75 Å². The lowest BCUT2D eigenvalue weighted by Crippen LogP contribution is -2.51. The Labute approximate surface area is 226 Å². The lowest BCUT2D eigenvalue weighted by Gasteiger charge is -2.35. The fourth-order valence-electron chi connectivity index (χ4n) is 6.03. The van der Waals surface area contributed by atoms with Crippen LogP contribution in [0.25, 0.3) is 0 Å². The minimum atomic E-state index is -0.580. The molecule has 1 saturated heterocycles. The molecule has 0 bridgehead atoms. The molecule has 2 aliphatic heterocycles. The summed E-state index contributed by atoms with van der Waals surface area (Å²) in [6, 6.07) is 7.03. The van der Waals surface area contributed by atoms with Crippen LogP contribution in [0.5, 0.6) is 5.75 Å². The molecule has 210 valence electrons. The Morgan fingerprint density at radius 2 is 1.92 bits per heavy atom. The minimum Gasteiger partial charge on any atom is -0.497 e. The van der Waals surface area contributed by atoms with Crippen LogP contribution in [0.4, 0.5) is 5.69 Å². The first-order valence-electron chi connectivity index (χ1n) is 13.8. The van der Waals surface area contributed by atoms with Crippen LogP contribution in [0.1, 0.15) is 46.0 Å². The summed E-state index contributed by atoms with van der Waals surface area (Å²) in [4.78, 5) is 28.6. The summed E-state index contributed by atoms with van der Waals surface area (Å²) in [5.41, 5.74) is 0.790. The number of amides is 1. The number of nitrogens with zero attached hydrogens (tertiary/aromatic N) is 4. The van der Waals surface area contributed by atoms with Gasteiger partial charge in [-0.25, -0.2) is 5.01 Å². The lowest BCUT2D eigenvalue weighted by atomic mass is 9.87. The van der Waals surface area contributed by atoms with E-state index in [1.807, 2.05) is 34.2 Å². The van der Waals surface area contributed by atoms with Crippen LogP contribution in [-0.4, -0.2) is 82.5 Å². The van der Waals surface area contributed by atoms with Gasteiger partial charge in [-0.15, -0.1) is 0 Å². The number of piperidine rings is 1. The molecule has 1 saturated carbocycles. The average Bonchev–Trinajstić information content (AvgIpc) is 3.42. The van der Waals surface area contributed by atoms with E-state index in [0.717, 1.165) is 50.1 Å². The number of rotatable bonds is 12. The highest BCUT2D eigenvalue weighted by molar-refractivity contribution is 5.85. The third kappa shape index (κ3) is 6.12. The maximum Gasteiger partial charge on any atom is 0.309 e. The maximum atomic E-state index is 14.2. The van der Waals surface area contributed by atoms with E-state index < -0.39 is 6.04 Å². The van der Waals surface area contributed by atoms with Gasteiger partial charge in [0.2, 0.25) is 0 Å². The summed E-state index contributed by atoms with van der Waals surface area (Å²) in [5, 5.41) is 14.4. The highest BCUT2D eigenvalue weighted by Crippen LogP contribution is 2.55. The molecule has 4 rings (SSSR count). The molecule has 10 nitrogen and oxygen atoms in total. The van der Waals surface area contributed by atoms with Crippen molar-refractivity contribution < 1.29 is 23.8 Å². The zero-order valence-corrected chi connectivity index (χ0v) is 23.4. The van der Waals surface area contributed by atoms with Gasteiger partial charge in [-0.2, -0.15) is 5.11 Å². The molecule has 1 N–H and O–H groups in total. The topological polar surface area (TPSA) is 105 Å². The van der Waals surface area contributed by atoms with E-state index in [2.05, 4.69) is 29.5 Å². The summed E-state index contributed by atoms with van der Waals surface area (Å²) in [5.74, 6) is 0.737. The molecular weight excluding hydrogens is 486 g/mol. The van der Waals surface area contributed by atoms with Gasteiger partial charge in [0.15, 0.2) is 6.04 Å². The molecule has 1 aromatic carbocycles. The van der Waals surface area contributed by atoms with E-state index >= 15 is 0 Å². The fraction of sp³-hybridized carbons (Fsp3) is 0.714. The van der Waals surface area contributed by atoms with Gasteiger partial charge in [-0.1, -0.05) is 19.1 Å².